The first kappa shape index (κ1) is 14.5. The standard InChI is InChI=1S/C15H16ClN3OS/c1-10-18-9-14(21-10)15(20)19-6-5-17-8-13(19)11-3-2-4-12(16)7-11/h2-4,7,9,13,17H,5-6,8H2,1H3. The van der Waals surface area contributed by atoms with Gasteiger partial charge in [0.15, 0.2) is 0 Å². The smallest absolute Gasteiger partial charge is 0.266 e. The van der Waals surface area contributed by atoms with Crippen LogP contribution >= 0.6 is 22.9 Å². The molecule has 110 valence electrons. The molecule has 0 spiro atoms. The van der Waals surface area contributed by atoms with Crippen LogP contribution in [0, 0.1) is 6.92 Å². The first-order valence-corrected chi connectivity index (χ1v) is 8.04. The summed E-state index contributed by atoms with van der Waals surface area (Å²) in [4.78, 5) is 19.5. The van der Waals surface area contributed by atoms with Crippen molar-refractivity contribution in [2.45, 2.75) is 13.0 Å². The highest BCUT2D eigenvalue weighted by molar-refractivity contribution is 7.13. The van der Waals surface area contributed by atoms with E-state index in [2.05, 4.69) is 10.3 Å². The predicted octanol–water partition coefficient (Wildman–Crippen LogP) is 2.89. The number of halogens is 1. The monoisotopic (exact) mass is 321 g/mol. The van der Waals surface area contributed by atoms with E-state index in [4.69, 9.17) is 11.6 Å². The molecule has 1 saturated heterocycles. The maximum atomic E-state index is 12.7. The van der Waals surface area contributed by atoms with Gasteiger partial charge in [-0.15, -0.1) is 11.3 Å². The fourth-order valence-electron chi connectivity index (χ4n) is 2.56. The number of aryl methyl sites for hydroxylation is 1. The molecule has 1 unspecified atom stereocenters. The summed E-state index contributed by atoms with van der Waals surface area (Å²) < 4.78 is 0. The van der Waals surface area contributed by atoms with Crippen molar-refractivity contribution >= 4 is 28.8 Å². The molecular formula is C15H16ClN3OS. The number of nitrogens with one attached hydrogen (secondary N) is 1. The first-order valence-electron chi connectivity index (χ1n) is 6.85. The fraction of sp³-hybridized carbons (Fsp3) is 0.333. The second kappa shape index (κ2) is 6.13. The molecule has 1 aromatic heterocycles. The summed E-state index contributed by atoms with van der Waals surface area (Å²) in [5, 5.41) is 4.95. The fourth-order valence-corrected chi connectivity index (χ4v) is 3.49. The van der Waals surface area contributed by atoms with Crippen LogP contribution in [0.2, 0.25) is 5.02 Å². The Morgan fingerprint density at radius 1 is 1.52 bits per heavy atom. The van der Waals surface area contributed by atoms with Crippen LogP contribution in [0.1, 0.15) is 26.3 Å². The van der Waals surface area contributed by atoms with Gasteiger partial charge in [-0.2, -0.15) is 0 Å². The second-order valence-electron chi connectivity index (χ2n) is 5.02. The minimum absolute atomic E-state index is 0.00681. The van der Waals surface area contributed by atoms with Gasteiger partial charge in [-0.1, -0.05) is 23.7 Å². The zero-order chi connectivity index (χ0) is 14.8. The Labute approximate surface area is 132 Å². The van der Waals surface area contributed by atoms with E-state index in [0.717, 1.165) is 23.7 Å². The van der Waals surface area contributed by atoms with Gasteiger partial charge in [-0.25, -0.2) is 4.98 Å². The molecule has 0 saturated carbocycles. The van der Waals surface area contributed by atoms with Gasteiger partial charge in [0, 0.05) is 24.7 Å². The number of carbonyl (C=O) groups is 1. The van der Waals surface area contributed by atoms with Crippen molar-refractivity contribution in [2.24, 2.45) is 0 Å². The quantitative estimate of drug-likeness (QED) is 0.925. The molecule has 4 nitrogen and oxygen atoms in total. The largest absolute Gasteiger partial charge is 0.328 e. The molecule has 0 radical (unpaired) electrons. The zero-order valence-electron chi connectivity index (χ0n) is 11.7. The first-order chi connectivity index (χ1) is 10.1. The molecular weight excluding hydrogens is 306 g/mol. The van der Waals surface area contributed by atoms with Gasteiger partial charge >= 0.3 is 0 Å². The lowest BCUT2D eigenvalue weighted by Gasteiger charge is -2.36. The number of piperazine rings is 1. The van der Waals surface area contributed by atoms with E-state index in [1.807, 2.05) is 36.1 Å². The van der Waals surface area contributed by atoms with E-state index < -0.39 is 0 Å². The zero-order valence-corrected chi connectivity index (χ0v) is 13.2. The summed E-state index contributed by atoms with van der Waals surface area (Å²) in [6.45, 7) is 4.14. The molecule has 3 rings (SSSR count). The van der Waals surface area contributed by atoms with Crippen molar-refractivity contribution in [1.29, 1.82) is 0 Å². The van der Waals surface area contributed by atoms with Crippen molar-refractivity contribution in [2.75, 3.05) is 19.6 Å². The number of hydrogen-bond acceptors (Lipinski definition) is 4. The molecule has 1 N–H and O–H groups in total. The third-order valence-electron chi connectivity index (χ3n) is 3.57. The summed E-state index contributed by atoms with van der Waals surface area (Å²) in [5.41, 5.74) is 1.06. The topological polar surface area (TPSA) is 45.2 Å². The molecule has 2 aromatic rings. The average molecular weight is 322 g/mol. The molecule has 1 aliphatic heterocycles. The van der Waals surface area contributed by atoms with E-state index >= 15 is 0 Å². The van der Waals surface area contributed by atoms with E-state index in [-0.39, 0.29) is 11.9 Å². The van der Waals surface area contributed by atoms with Gasteiger partial charge in [-0.3, -0.25) is 4.79 Å². The van der Waals surface area contributed by atoms with Crippen molar-refractivity contribution in [3.05, 3.63) is 50.9 Å². The molecule has 2 heterocycles. The van der Waals surface area contributed by atoms with E-state index in [1.165, 1.54) is 11.3 Å². The van der Waals surface area contributed by atoms with E-state index in [1.54, 1.807) is 6.20 Å². The third-order valence-corrected chi connectivity index (χ3v) is 4.71. The van der Waals surface area contributed by atoms with Crippen LogP contribution in [0.5, 0.6) is 0 Å². The van der Waals surface area contributed by atoms with Crippen LogP contribution < -0.4 is 5.32 Å². The summed E-state index contributed by atoms with van der Waals surface area (Å²) >= 11 is 7.52. The number of thiazole rings is 1. The highest BCUT2D eigenvalue weighted by Crippen LogP contribution is 2.27. The van der Waals surface area contributed by atoms with Gasteiger partial charge in [0.25, 0.3) is 5.91 Å². The van der Waals surface area contributed by atoms with Crippen molar-refractivity contribution in [3.63, 3.8) is 0 Å². The molecule has 1 fully saturated rings. The highest BCUT2D eigenvalue weighted by Gasteiger charge is 2.29. The number of rotatable bonds is 2. The molecule has 1 aliphatic rings. The lowest BCUT2D eigenvalue weighted by molar-refractivity contribution is 0.0639. The van der Waals surface area contributed by atoms with Crippen LogP contribution in [0.3, 0.4) is 0 Å². The summed E-state index contributed by atoms with van der Waals surface area (Å²) in [6.07, 6.45) is 1.67. The van der Waals surface area contributed by atoms with Gasteiger partial charge in [0.1, 0.15) is 4.88 Å². The van der Waals surface area contributed by atoms with Crippen LogP contribution in [-0.2, 0) is 0 Å². The number of nitrogens with zero attached hydrogens (tertiary/aromatic N) is 2. The van der Waals surface area contributed by atoms with Gasteiger partial charge in [-0.05, 0) is 24.6 Å². The molecule has 1 atom stereocenters. The van der Waals surface area contributed by atoms with Crippen LogP contribution in [0.4, 0.5) is 0 Å². The van der Waals surface area contributed by atoms with Crippen molar-refractivity contribution in [3.8, 4) is 0 Å². The minimum atomic E-state index is 0.00681. The lowest BCUT2D eigenvalue weighted by atomic mass is 10.0. The van der Waals surface area contributed by atoms with Crippen molar-refractivity contribution in [1.82, 2.24) is 15.2 Å². The lowest BCUT2D eigenvalue weighted by Crippen LogP contribution is -2.48. The average Bonchev–Trinajstić information content (AvgIpc) is 2.93. The number of aromatic nitrogens is 1. The molecule has 1 aromatic carbocycles. The normalized spacial score (nSPS) is 18.8. The Kier molecular flexibility index (Phi) is 4.24. The number of hydrogen-bond donors (Lipinski definition) is 1. The Bertz CT molecular complexity index is 658. The third kappa shape index (κ3) is 3.10. The van der Waals surface area contributed by atoms with Gasteiger partial charge in [0.05, 0.1) is 17.2 Å². The summed E-state index contributed by atoms with van der Waals surface area (Å²) in [6, 6.07) is 7.72. The number of amides is 1. The Balaban J connectivity index is 1.89. The minimum Gasteiger partial charge on any atom is -0.328 e. The van der Waals surface area contributed by atoms with E-state index in [0.29, 0.717) is 16.4 Å². The molecule has 6 heteroatoms. The molecule has 21 heavy (non-hydrogen) atoms. The Hall–Kier alpha value is -1.43. The van der Waals surface area contributed by atoms with Crippen LogP contribution in [0.15, 0.2) is 30.5 Å². The molecule has 1 amide bonds. The number of carbonyl (C=O) groups excluding carboxylic acids is 1. The molecule has 0 aliphatic carbocycles. The Morgan fingerprint density at radius 3 is 3.10 bits per heavy atom. The highest BCUT2D eigenvalue weighted by atomic mass is 35.5. The Morgan fingerprint density at radius 2 is 2.38 bits per heavy atom. The predicted molar refractivity (Wildman–Crippen MR) is 85.0 cm³/mol. The SMILES string of the molecule is Cc1ncc(C(=O)N2CCNCC2c2cccc(Cl)c2)s1. The molecule has 0 bridgehead atoms. The van der Waals surface area contributed by atoms with Crippen LogP contribution in [0.25, 0.3) is 0 Å². The van der Waals surface area contributed by atoms with Gasteiger partial charge in [0.2, 0.25) is 0 Å². The van der Waals surface area contributed by atoms with Crippen LogP contribution in [-0.4, -0.2) is 35.4 Å². The maximum Gasteiger partial charge on any atom is 0.266 e. The van der Waals surface area contributed by atoms with E-state index in [9.17, 15) is 4.79 Å². The summed E-state index contributed by atoms with van der Waals surface area (Å²) in [5.74, 6) is 0.0482. The summed E-state index contributed by atoms with van der Waals surface area (Å²) in [7, 11) is 0. The van der Waals surface area contributed by atoms with Gasteiger partial charge < -0.3 is 10.2 Å². The number of benzene rings is 1. The second-order valence-corrected chi connectivity index (χ2v) is 6.69. The van der Waals surface area contributed by atoms with Crippen molar-refractivity contribution < 1.29 is 4.79 Å². The maximum absolute atomic E-state index is 12.7.